The topological polar surface area (TPSA) is 80.2 Å². The van der Waals surface area contributed by atoms with Gasteiger partial charge in [-0.25, -0.2) is 4.39 Å². The van der Waals surface area contributed by atoms with Crippen molar-refractivity contribution in [2.75, 3.05) is 6.54 Å². The molecule has 7 heteroatoms. The number of carbonyl (C=O) groups is 2. The Morgan fingerprint density at radius 1 is 1.00 bits per heavy atom. The van der Waals surface area contributed by atoms with E-state index < -0.39 is 17.2 Å². The van der Waals surface area contributed by atoms with Crippen LogP contribution in [-0.4, -0.2) is 29.0 Å². The number of nitrogens with zero attached hydrogens (tertiary/aromatic N) is 1. The van der Waals surface area contributed by atoms with Crippen LogP contribution in [0.5, 0.6) is 0 Å². The quantitative estimate of drug-likeness (QED) is 0.714. The molecule has 0 atom stereocenters. The third-order valence-electron chi connectivity index (χ3n) is 4.18. The summed E-state index contributed by atoms with van der Waals surface area (Å²) in [4.78, 5) is 37.8. The summed E-state index contributed by atoms with van der Waals surface area (Å²) in [5.41, 5.74) is 0.156. The van der Waals surface area contributed by atoms with Gasteiger partial charge < -0.3 is 15.2 Å². The first-order valence-corrected chi connectivity index (χ1v) is 9.75. The number of hydrogen-bond acceptors (Lipinski definition) is 3. The lowest BCUT2D eigenvalue weighted by Crippen LogP contribution is -2.38. The Kier molecular flexibility index (Phi) is 7.70. The summed E-state index contributed by atoms with van der Waals surface area (Å²) < 4.78 is 14.7. The molecule has 0 bridgehead atoms. The predicted octanol–water partition coefficient (Wildman–Crippen LogP) is 2.75. The minimum atomic E-state index is -0.595. The Morgan fingerprint density at radius 3 is 2.14 bits per heavy atom. The van der Waals surface area contributed by atoms with Gasteiger partial charge in [-0.3, -0.25) is 14.4 Å². The molecular weight excluding hydrogens is 373 g/mol. The number of benzene rings is 1. The zero-order chi connectivity index (χ0) is 21.6. The first-order valence-electron chi connectivity index (χ1n) is 9.75. The molecule has 0 saturated heterocycles. The molecule has 0 aliphatic carbocycles. The molecule has 2 aromatic rings. The first kappa shape index (κ1) is 22.3. The number of halogens is 1. The van der Waals surface area contributed by atoms with Crippen molar-refractivity contribution in [3.63, 3.8) is 0 Å². The van der Waals surface area contributed by atoms with Crippen LogP contribution in [0.3, 0.4) is 0 Å². The summed E-state index contributed by atoms with van der Waals surface area (Å²) in [6.45, 7) is 8.48. The first-order chi connectivity index (χ1) is 13.7. The second kappa shape index (κ2) is 10.0. The van der Waals surface area contributed by atoms with Crippen LogP contribution < -0.4 is 16.1 Å². The smallest absolute Gasteiger partial charge is 0.256 e. The van der Waals surface area contributed by atoms with Gasteiger partial charge in [0.05, 0.1) is 0 Å². The van der Waals surface area contributed by atoms with Gasteiger partial charge in [-0.05, 0) is 43.9 Å². The van der Waals surface area contributed by atoms with Gasteiger partial charge in [0.2, 0.25) is 5.43 Å². The van der Waals surface area contributed by atoms with Crippen molar-refractivity contribution in [2.24, 2.45) is 5.92 Å². The SMILES string of the molecule is CC(C)Cn1cc(C(=O)NCCc2ccc(F)cc2)c(=O)c(C(=O)NC(C)C)c1. The summed E-state index contributed by atoms with van der Waals surface area (Å²) in [7, 11) is 0. The molecule has 6 nitrogen and oxygen atoms in total. The molecular formula is C22H28FN3O3. The highest BCUT2D eigenvalue weighted by Crippen LogP contribution is 2.06. The zero-order valence-corrected chi connectivity index (χ0v) is 17.3. The van der Waals surface area contributed by atoms with Gasteiger partial charge in [0.15, 0.2) is 0 Å². The van der Waals surface area contributed by atoms with Crippen molar-refractivity contribution in [1.82, 2.24) is 15.2 Å². The van der Waals surface area contributed by atoms with Gasteiger partial charge in [-0.1, -0.05) is 26.0 Å². The minimum Gasteiger partial charge on any atom is -0.352 e. The number of aromatic nitrogens is 1. The van der Waals surface area contributed by atoms with Crippen molar-refractivity contribution in [2.45, 2.75) is 46.7 Å². The van der Waals surface area contributed by atoms with E-state index in [1.165, 1.54) is 24.5 Å². The average molecular weight is 401 g/mol. The van der Waals surface area contributed by atoms with E-state index in [0.29, 0.717) is 13.0 Å². The van der Waals surface area contributed by atoms with E-state index in [2.05, 4.69) is 10.6 Å². The molecule has 156 valence electrons. The molecule has 0 radical (unpaired) electrons. The number of amides is 2. The van der Waals surface area contributed by atoms with Crippen molar-refractivity contribution in [1.29, 1.82) is 0 Å². The molecule has 29 heavy (non-hydrogen) atoms. The number of rotatable bonds is 8. The third kappa shape index (κ3) is 6.55. The number of nitrogens with one attached hydrogen (secondary N) is 2. The second-order valence-corrected chi connectivity index (χ2v) is 7.77. The highest BCUT2D eigenvalue weighted by Gasteiger charge is 2.20. The maximum absolute atomic E-state index is 13.0. The molecule has 0 aliphatic heterocycles. The van der Waals surface area contributed by atoms with E-state index in [9.17, 15) is 18.8 Å². The average Bonchev–Trinajstić information content (AvgIpc) is 2.63. The Bertz CT molecular complexity index is 918. The fraction of sp³-hybridized carbons (Fsp3) is 0.409. The lowest BCUT2D eigenvalue weighted by atomic mass is 10.1. The maximum atomic E-state index is 13.0. The Hall–Kier alpha value is -2.96. The standard InChI is InChI=1S/C22H28FN3O3/c1-14(2)11-26-12-18(20(27)19(13-26)22(29)25-15(3)4)21(28)24-10-9-16-5-7-17(23)8-6-16/h5-8,12-15H,9-11H2,1-4H3,(H,24,28)(H,25,29). The van der Waals surface area contributed by atoms with E-state index in [4.69, 9.17) is 0 Å². The largest absolute Gasteiger partial charge is 0.352 e. The second-order valence-electron chi connectivity index (χ2n) is 7.77. The molecule has 0 spiro atoms. The molecule has 1 aromatic heterocycles. The van der Waals surface area contributed by atoms with Gasteiger partial charge in [-0.2, -0.15) is 0 Å². The van der Waals surface area contributed by atoms with Gasteiger partial charge in [-0.15, -0.1) is 0 Å². The van der Waals surface area contributed by atoms with Gasteiger partial charge >= 0.3 is 0 Å². The lowest BCUT2D eigenvalue weighted by Gasteiger charge is -2.15. The third-order valence-corrected chi connectivity index (χ3v) is 4.18. The highest BCUT2D eigenvalue weighted by molar-refractivity contribution is 5.99. The molecule has 1 aromatic carbocycles. The highest BCUT2D eigenvalue weighted by atomic mass is 19.1. The van der Waals surface area contributed by atoms with Crippen molar-refractivity contribution in [3.05, 3.63) is 69.4 Å². The van der Waals surface area contributed by atoms with Crippen LogP contribution in [0.15, 0.2) is 41.5 Å². The van der Waals surface area contributed by atoms with E-state index in [1.54, 1.807) is 30.5 Å². The summed E-state index contributed by atoms with van der Waals surface area (Å²) in [6.07, 6.45) is 3.48. The van der Waals surface area contributed by atoms with Crippen LogP contribution in [0.1, 0.15) is 54.0 Å². The van der Waals surface area contributed by atoms with Crippen LogP contribution in [-0.2, 0) is 13.0 Å². The molecule has 0 saturated carbocycles. The molecule has 2 N–H and O–H groups in total. The van der Waals surface area contributed by atoms with E-state index in [-0.39, 0.29) is 35.4 Å². The van der Waals surface area contributed by atoms with Crippen molar-refractivity contribution < 1.29 is 14.0 Å². The number of hydrogen-bond donors (Lipinski definition) is 2. The summed E-state index contributed by atoms with van der Waals surface area (Å²) >= 11 is 0. The molecule has 0 unspecified atom stereocenters. The molecule has 0 fully saturated rings. The van der Waals surface area contributed by atoms with Crippen LogP contribution in [0.25, 0.3) is 0 Å². The van der Waals surface area contributed by atoms with Crippen LogP contribution in [0.2, 0.25) is 0 Å². The number of carbonyl (C=O) groups excluding carboxylic acids is 2. The lowest BCUT2D eigenvalue weighted by molar-refractivity contribution is 0.0941. The zero-order valence-electron chi connectivity index (χ0n) is 17.3. The van der Waals surface area contributed by atoms with Gasteiger partial charge in [0.25, 0.3) is 11.8 Å². The Balaban J connectivity index is 2.21. The summed E-state index contributed by atoms with van der Waals surface area (Å²) in [5.74, 6) is -1.08. The van der Waals surface area contributed by atoms with E-state index >= 15 is 0 Å². The Labute approximate surface area is 170 Å². The molecule has 2 amide bonds. The molecule has 0 aliphatic rings. The maximum Gasteiger partial charge on any atom is 0.256 e. The summed E-state index contributed by atoms with van der Waals surface area (Å²) in [6, 6.07) is 5.88. The molecule has 1 heterocycles. The molecule has 2 rings (SSSR count). The fourth-order valence-electron chi connectivity index (χ4n) is 2.89. The monoisotopic (exact) mass is 401 g/mol. The minimum absolute atomic E-state index is 0.0504. The fourth-order valence-corrected chi connectivity index (χ4v) is 2.89. The van der Waals surface area contributed by atoms with E-state index in [1.807, 2.05) is 13.8 Å². The van der Waals surface area contributed by atoms with Crippen molar-refractivity contribution >= 4 is 11.8 Å². The van der Waals surface area contributed by atoms with E-state index in [0.717, 1.165) is 5.56 Å². The van der Waals surface area contributed by atoms with Crippen LogP contribution >= 0.6 is 0 Å². The van der Waals surface area contributed by atoms with Crippen LogP contribution in [0, 0.1) is 11.7 Å². The van der Waals surface area contributed by atoms with Crippen LogP contribution in [0.4, 0.5) is 4.39 Å². The van der Waals surface area contributed by atoms with Crippen molar-refractivity contribution in [3.8, 4) is 0 Å². The normalized spacial score (nSPS) is 11.0. The number of pyridine rings is 1. The summed E-state index contributed by atoms with van der Waals surface area (Å²) in [5, 5.41) is 5.41. The van der Waals surface area contributed by atoms with Gasteiger partial charge in [0.1, 0.15) is 16.9 Å². The van der Waals surface area contributed by atoms with Gasteiger partial charge in [0, 0.05) is 31.5 Å². The predicted molar refractivity (Wildman–Crippen MR) is 111 cm³/mol. The Morgan fingerprint density at radius 2 is 1.59 bits per heavy atom.